The molecule has 0 bridgehead atoms. The summed E-state index contributed by atoms with van der Waals surface area (Å²) in [4.78, 5) is 24.6. The summed E-state index contributed by atoms with van der Waals surface area (Å²) < 4.78 is 5.55. The standard InChI is InChI=1S/C26H18ClNO4S/c27-22-12-6-5-11-19(22)21-14-33-24(23(21)25(29)30)28-26(31)32-13-20-17-9-3-1-7-15(17)16-8-2-4-10-18(16)20/h1-12,14,20H,13H2,(H,28,31)(H,29,30). The molecule has 0 radical (unpaired) electrons. The second kappa shape index (κ2) is 8.73. The lowest BCUT2D eigenvalue weighted by Crippen LogP contribution is -2.18. The molecule has 0 saturated heterocycles. The van der Waals surface area contributed by atoms with E-state index in [2.05, 4.69) is 17.4 Å². The van der Waals surface area contributed by atoms with Crippen molar-refractivity contribution < 1.29 is 19.4 Å². The van der Waals surface area contributed by atoms with Gasteiger partial charge in [-0.1, -0.05) is 78.3 Å². The number of carbonyl (C=O) groups is 2. The third-order valence-electron chi connectivity index (χ3n) is 5.73. The Labute approximate surface area is 199 Å². The molecule has 5 nitrogen and oxygen atoms in total. The average Bonchev–Trinajstić information content (AvgIpc) is 3.37. The Morgan fingerprint density at radius 2 is 1.45 bits per heavy atom. The maximum absolute atomic E-state index is 12.6. The van der Waals surface area contributed by atoms with Crippen molar-refractivity contribution in [1.29, 1.82) is 0 Å². The summed E-state index contributed by atoms with van der Waals surface area (Å²) in [7, 11) is 0. The van der Waals surface area contributed by atoms with Gasteiger partial charge >= 0.3 is 12.1 Å². The molecule has 0 fully saturated rings. The van der Waals surface area contributed by atoms with Gasteiger partial charge in [0.1, 0.15) is 17.2 Å². The van der Waals surface area contributed by atoms with E-state index in [0.29, 0.717) is 16.1 Å². The van der Waals surface area contributed by atoms with Gasteiger partial charge in [0.05, 0.1) is 0 Å². The molecule has 0 unspecified atom stereocenters. The van der Waals surface area contributed by atoms with Crippen molar-refractivity contribution in [1.82, 2.24) is 0 Å². The predicted molar refractivity (Wildman–Crippen MR) is 130 cm³/mol. The molecule has 7 heteroatoms. The van der Waals surface area contributed by atoms with Gasteiger partial charge < -0.3 is 9.84 Å². The zero-order valence-electron chi connectivity index (χ0n) is 17.2. The maximum atomic E-state index is 12.6. The van der Waals surface area contributed by atoms with Crippen LogP contribution < -0.4 is 5.32 Å². The number of carboxylic acids is 1. The number of benzene rings is 3. The van der Waals surface area contributed by atoms with E-state index in [1.807, 2.05) is 36.4 Å². The SMILES string of the molecule is O=C(Nc1scc(-c2ccccc2Cl)c1C(=O)O)OCC1c2ccccc2-c2ccccc21. The highest BCUT2D eigenvalue weighted by molar-refractivity contribution is 7.15. The van der Waals surface area contributed by atoms with Crippen LogP contribution in [-0.4, -0.2) is 23.8 Å². The van der Waals surface area contributed by atoms with Crippen molar-refractivity contribution in [2.24, 2.45) is 0 Å². The molecule has 0 saturated carbocycles. The van der Waals surface area contributed by atoms with Crippen LogP contribution >= 0.6 is 22.9 Å². The third-order valence-corrected chi connectivity index (χ3v) is 6.95. The minimum Gasteiger partial charge on any atom is -0.478 e. The van der Waals surface area contributed by atoms with E-state index in [-0.39, 0.29) is 23.1 Å². The molecule has 0 spiro atoms. The molecule has 0 aliphatic heterocycles. The number of aromatic carboxylic acids is 1. The number of hydrogen-bond donors (Lipinski definition) is 2. The summed E-state index contributed by atoms with van der Waals surface area (Å²) in [6.45, 7) is 0.144. The Balaban J connectivity index is 1.36. The van der Waals surface area contributed by atoms with Gasteiger partial charge in [0, 0.05) is 27.4 Å². The largest absolute Gasteiger partial charge is 0.478 e. The molecule has 164 valence electrons. The fourth-order valence-electron chi connectivity index (χ4n) is 4.27. The number of halogens is 1. The summed E-state index contributed by atoms with van der Waals surface area (Å²) in [5, 5.41) is 14.7. The highest BCUT2D eigenvalue weighted by Crippen LogP contribution is 2.44. The van der Waals surface area contributed by atoms with Crippen molar-refractivity contribution in [3.8, 4) is 22.3 Å². The van der Waals surface area contributed by atoms with E-state index in [0.717, 1.165) is 33.6 Å². The minimum absolute atomic E-state index is 0.0124. The molecule has 1 aromatic heterocycles. The summed E-state index contributed by atoms with van der Waals surface area (Å²) in [6.07, 6.45) is -0.702. The zero-order valence-corrected chi connectivity index (χ0v) is 18.8. The number of carboxylic acid groups (broad SMARTS) is 1. The second-order valence-corrected chi connectivity index (χ2v) is 8.88. The van der Waals surface area contributed by atoms with Gasteiger partial charge in [0.15, 0.2) is 0 Å². The first-order valence-corrected chi connectivity index (χ1v) is 11.5. The molecular formula is C26H18ClNO4S. The van der Waals surface area contributed by atoms with Gasteiger partial charge in [-0.05, 0) is 28.3 Å². The summed E-state index contributed by atoms with van der Waals surface area (Å²) in [5.74, 6) is -1.23. The van der Waals surface area contributed by atoms with E-state index < -0.39 is 12.1 Å². The number of ether oxygens (including phenoxy) is 1. The lowest BCUT2D eigenvalue weighted by atomic mass is 9.98. The van der Waals surface area contributed by atoms with Crippen LogP contribution in [0.4, 0.5) is 9.80 Å². The smallest absolute Gasteiger partial charge is 0.412 e. The molecule has 1 aliphatic carbocycles. The fourth-order valence-corrected chi connectivity index (χ4v) is 5.44. The molecule has 0 atom stereocenters. The predicted octanol–water partition coefficient (Wildman–Crippen LogP) is 7.13. The number of thiophene rings is 1. The van der Waals surface area contributed by atoms with Crippen molar-refractivity contribution in [3.05, 3.63) is 99.9 Å². The average molecular weight is 476 g/mol. The van der Waals surface area contributed by atoms with E-state index >= 15 is 0 Å². The van der Waals surface area contributed by atoms with Gasteiger partial charge in [-0.15, -0.1) is 11.3 Å². The van der Waals surface area contributed by atoms with Crippen molar-refractivity contribution >= 4 is 40.0 Å². The quantitative estimate of drug-likeness (QED) is 0.322. The van der Waals surface area contributed by atoms with Crippen LogP contribution in [0.5, 0.6) is 0 Å². The van der Waals surface area contributed by atoms with Crippen LogP contribution in [0, 0.1) is 0 Å². The van der Waals surface area contributed by atoms with E-state index in [4.69, 9.17) is 16.3 Å². The summed E-state index contributed by atoms with van der Waals surface area (Å²) in [6, 6.07) is 23.1. The number of fused-ring (bicyclic) bond motifs is 3. The Bertz CT molecular complexity index is 1330. The molecule has 5 rings (SSSR count). The lowest BCUT2D eigenvalue weighted by molar-refractivity contribution is 0.0699. The number of nitrogens with one attached hydrogen (secondary N) is 1. The summed E-state index contributed by atoms with van der Waals surface area (Å²) in [5.41, 5.74) is 5.52. The van der Waals surface area contributed by atoms with Gasteiger partial charge in [0.25, 0.3) is 0 Å². The fraction of sp³-hybridized carbons (Fsp3) is 0.0769. The van der Waals surface area contributed by atoms with Gasteiger partial charge in [-0.3, -0.25) is 5.32 Å². The van der Waals surface area contributed by atoms with E-state index in [1.165, 1.54) is 0 Å². The highest BCUT2D eigenvalue weighted by atomic mass is 35.5. The van der Waals surface area contributed by atoms with Crippen LogP contribution in [0.3, 0.4) is 0 Å². The highest BCUT2D eigenvalue weighted by Gasteiger charge is 2.29. The molecular weight excluding hydrogens is 458 g/mol. The number of amides is 1. The zero-order chi connectivity index (χ0) is 22.9. The third kappa shape index (κ3) is 3.88. The van der Waals surface area contributed by atoms with Gasteiger partial charge in [-0.25, -0.2) is 9.59 Å². The first kappa shape index (κ1) is 21.2. The van der Waals surface area contributed by atoms with Crippen LogP contribution in [-0.2, 0) is 4.74 Å². The number of anilines is 1. The normalized spacial score (nSPS) is 12.2. The molecule has 33 heavy (non-hydrogen) atoms. The van der Waals surface area contributed by atoms with Gasteiger partial charge in [-0.2, -0.15) is 0 Å². The molecule has 3 aromatic carbocycles. The number of rotatable bonds is 5. The lowest BCUT2D eigenvalue weighted by Gasteiger charge is -2.14. The first-order valence-electron chi connectivity index (χ1n) is 10.3. The van der Waals surface area contributed by atoms with Crippen LogP contribution in [0.1, 0.15) is 27.4 Å². The first-order chi connectivity index (χ1) is 16.0. The monoisotopic (exact) mass is 475 g/mol. The number of carbonyl (C=O) groups excluding carboxylic acids is 1. The molecule has 1 amide bonds. The topological polar surface area (TPSA) is 75.6 Å². The Morgan fingerprint density at radius 1 is 0.879 bits per heavy atom. The van der Waals surface area contributed by atoms with Crippen LogP contribution in [0.2, 0.25) is 5.02 Å². The Morgan fingerprint density at radius 3 is 2.06 bits per heavy atom. The van der Waals surface area contributed by atoms with E-state index in [1.54, 1.807) is 29.6 Å². The second-order valence-electron chi connectivity index (χ2n) is 7.59. The Kier molecular flexibility index (Phi) is 5.62. The molecule has 1 aliphatic rings. The molecule has 2 N–H and O–H groups in total. The number of hydrogen-bond acceptors (Lipinski definition) is 4. The van der Waals surface area contributed by atoms with Crippen molar-refractivity contribution in [2.45, 2.75) is 5.92 Å². The van der Waals surface area contributed by atoms with Crippen molar-refractivity contribution in [2.75, 3.05) is 11.9 Å². The van der Waals surface area contributed by atoms with Crippen LogP contribution in [0.25, 0.3) is 22.3 Å². The summed E-state index contributed by atoms with van der Waals surface area (Å²) >= 11 is 7.38. The van der Waals surface area contributed by atoms with Crippen molar-refractivity contribution in [3.63, 3.8) is 0 Å². The molecule has 4 aromatic rings. The van der Waals surface area contributed by atoms with Crippen LogP contribution in [0.15, 0.2) is 78.2 Å². The van der Waals surface area contributed by atoms with Gasteiger partial charge in [0.2, 0.25) is 0 Å². The van der Waals surface area contributed by atoms with E-state index in [9.17, 15) is 14.7 Å². The Hall–Kier alpha value is -3.61. The maximum Gasteiger partial charge on any atom is 0.412 e. The molecule has 1 heterocycles. The minimum atomic E-state index is -1.15.